The van der Waals surface area contributed by atoms with E-state index in [2.05, 4.69) is 19.2 Å². The third-order valence-corrected chi connectivity index (χ3v) is 4.72. The molecule has 2 fully saturated rings. The van der Waals surface area contributed by atoms with E-state index >= 15 is 0 Å². The Morgan fingerprint density at radius 3 is 2.71 bits per heavy atom. The first-order valence-electron chi connectivity index (χ1n) is 7.68. The summed E-state index contributed by atoms with van der Waals surface area (Å²) in [6.07, 6.45) is 10.0. The first-order valence-corrected chi connectivity index (χ1v) is 7.68. The van der Waals surface area contributed by atoms with Crippen LogP contribution in [-0.4, -0.2) is 25.3 Å². The van der Waals surface area contributed by atoms with E-state index in [1.54, 1.807) is 0 Å². The van der Waals surface area contributed by atoms with E-state index in [4.69, 9.17) is 4.74 Å². The van der Waals surface area contributed by atoms with Crippen molar-refractivity contribution in [2.24, 2.45) is 11.8 Å². The van der Waals surface area contributed by atoms with Gasteiger partial charge in [-0.2, -0.15) is 0 Å². The fraction of sp³-hybridized carbons (Fsp3) is 1.00. The van der Waals surface area contributed by atoms with Gasteiger partial charge in [-0.1, -0.05) is 20.3 Å². The van der Waals surface area contributed by atoms with Crippen LogP contribution in [0.4, 0.5) is 0 Å². The summed E-state index contributed by atoms with van der Waals surface area (Å²) in [6.45, 7) is 6.69. The van der Waals surface area contributed by atoms with E-state index in [0.29, 0.717) is 6.10 Å². The molecule has 1 aliphatic heterocycles. The van der Waals surface area contributed by atoms with Gasteiger partial charge in [-0.25, -0.2) is 0 Å². The zero-order chi connectivity index (χ0) is 12.1. The molecule has 1 saturated heterocycles. The van der Waals surface area contributed by atoms with Gasteiger partial charge in [-0.3, -0.25) is 0 Å². The molecule has 17 heavy (non-hydrogen) atoms. The zero-order valence-corrected chi connectivity index (χ0v) is 11.6. The van der Waals surface area contributed by atoms with E-state index in [0.717, 1.165) is 31.0 Å². The topological polar surface area (TPSA) is 21.3 Å². The van der Waals surface area contributed by atoms with E-state index in [1.807, 2.05) is 0 Å². The van der Waals surface area contributed by atoms with Crippen LogP contribution < -0.4 is 5.32 Å². The Bertz CT molecular complexity index is 213. The molecule has 0 aromatic rings. The fourth-order valence-corrected chi connectivity index (χ4v) is 3.69. The van der Waals surface area contributed by atoms with Gasteiger partial charge in [0.05, 0.1) is 6.10 Å². The Morgan fingerprint density at radius 1 is 1.18 bits per heavy atom. The van der Waals surface area contributed by atoms with Crippen molar-refractivity contribution in [1.82, 2.24) is 5.32 Å². The molecule has 4 atom stereocenters. The second-order valence-corrected chi connectivity index (χ2v) is 5.88. The lowest BCUT2D eigenvalue weighted by atomic mass is 9.74. The highest BCUT2D eigenvalue weighted by molar-refractivity contribution is 4.86. The zero-order valence-electron chi connectivity index (χ0n) is 11.6. The van der Waals surface area contributed by atoms with Gasteiger partial charge >= 0.3 is 0 Å². The minimum atomic E-state index is 0.566. The average Bonchev–Trinajstić information content (AvgIpc) is 2.84. The number of nitrogens with one attached hydrogen (secondary N) is 1. The number of hydrogen-bond donors (Lipinski definition) is 1. The molecule has 2 aliphatic rings. The van der Waals surface area contributed by atoms with Crippen LogP contribution in [0.15, 0.2) is 0 Å². The molecular formula is C15H29NO. The average molecular weight is 239 g/mol. The van der Waals surface area contributed by atoms with Crippen molar-refractivity contribution < 1.29 is 4.74 Å². The van der Waals surface area contributed by atoms with Crippen LogP contribution in [0.3, 0.4) is 0 Å². The van der Waals surface area contributed by atoms with Crippen molar-refractivity contribution in [1.29, 1.82) is 0 Å². The maximum absolute atomic E-state index is 5.82. The molecule has 0 aromatic carbocycles. The molecule has 2 rings (SSSR count). The van der Waals surface area contributed by atoms with Crippen LogP contribution >= 0.6 is 0 Å². The van der Waals surface area contributed by atoms with Crippen molar-refractivity contribution in [2.75, 3.05) is 13.2 Å². The van der Waals surface area contributed by atoms with Gasteiger partial charge in [0.2, 0.25) is 0 Å². The standard InChI is InChI=1S/C15H29NO/c1-3-12-7-8-15(16-4-2)13(10-12)11-14-6-5-9-17-14/h12-16H,3-11H2,1-2H3. The van der Waals surface area contributed by atoms with Crippen molar-refractivity contribution in [3.63, 3.8) is 0 Å². The van der Waals surface area contributed by atoms with Gasteiger partial charge in [-0.05, 0) is 56.9 Å². The maximum atomic E-state index is 5.82. The predicted octanol–water partition coefficient (Wildman–Crippen LogP) is 3.36. The maximum Gasteiger partial charge on any atom is 0.0579 e. The molecule has 2 heteroatoms. The molecule has 1 N–H and O–H groups in total. The van der Waals surface area contributed by atoms with Gasteiger partial charge in [0.15, 0.2) is 0 Å². The van der Waals surface area contributed by atoms with Gasteiger partial charge in [0.25, 0.3) is 0 Å². The van der Waals surface area contributed by atoms with Gasteiger partial charge in [0, 0.05) is 12.6 Å². The molecule has 0 spiro atoms. The molecule has 1 heterocycles. The largest absolute Gasteiger partial charge is 0.378 e. The van der Waals surface area contributed by atoms with E-state index < -0.39 is 0 Å². The highest BCUT2D eigenvalue weighted by Gasteiger charge is 2.32. The first-order chi connectivity index (χ1) is 8.33. The highest BCUT2D eigenvalue weighted by Crippen LogP contribution is 2.35. The Morgan fingerprint density at radius 2 is 2.06 bits per heavy atom. The summed E-state index contributed by atoms with van der Waals surface area (Å²) in [7, 11) is 0. The van der Waals surface area contributed by atoms with Crippen molar-refractivity contribution in [3.05, 3.63) is 0 Å². The van der Waals surface area contributed by atoms with Gasteiger partial charge in [-0.15, -0.1) is 0 Å². The van der Waals surface area contributed by atoms with Crippen LogP contribution in [-0.2, 0) is 4.74 Å². The summed E-state index contributed by atoms with van der Waals surface area (Å²) in [5.41, 5.74) is 0. The summed E-state index contributed by atoms with van der Waals surface area (Å²) < 4.78 is 5.82. The highest BCUT2D eigenvalue weighted by atomic mass is 16.5. The lowest BCUT2D eigenvalue weighted by molar-refractivity contribution is 0.0670. The summed E-state index contributed by atoms with van der Waals surface area (Å²) >= 11 is 0. The molecule has 100 valence electrons. The number of hydrogen-bond acceptors (Lipinski definition) is 2. The molecule has 0 amide bonds. The second-order valence-electron chi connectivity index (χ2n) is 5.88. The van der Waals surface area contributed by atoms with E-state index in [9.17, 15) is 0 Å². The van der Waals surface area contributed by atoms with Gasteiger partial charge in [0.1, 0.15) is 0 Å². The Balaban J connectivity index is 1.87. The van der Waals surface area contributed by atoms with Crippen LogP contribution in [0, 0.1) is 11.8 Å². The SMILES string of the molecule is CCNC1CCC(CC)CC1CC1CCCO1. The molecule has 1 aliphatic carbocycles. The minimum Gasteiger partial charge on any atom is -0.378 e. The second kappa shape index (κ2) is 6.75. The van der Waals surface area contributed by atoms with Crippen LogP contribution in [0.25, 0.3) is 0 Å². The Kier molecular flexibility index (Phi) is 5.30. The van der Waals surface area contributed by atoms with E-state index in [-0.39, 0.29) is 0 Å². The summed E-state index contributed by atoms with van der Waals surface area (Å²) in [5, 5.41) is 3.70. The molecule has 4 unspecified atom stereocenters. The molecule has 0 aromatic heterocycles. The van der Waals surface area contributed by atoms with Crippen molar-refractivity contribution in [3.8, 4) is 0 Å². The lowest BCUT2D eigenvalue weighted by Crippen LogP contribution is -2.41. The predicted molar refractivity (Wildman–Crippen MR) is 72.2 cm³/mol. The molecule has 1 saturated carbocycles. The number of rotatable bonds is 5. The molecule has 0 radical (unpaired) electrons. The third-order valence-electron chi connectivity index (χ3n) is 4.72. The Labute approximate surface area is 107 Å². The first kappa shape index (κ1) is 13.4. The lowest BCUT2D eigenvalue weighted by Gasteiger charge is -2.37. The van der Waals surface area contributed by atoms with Crippen molar-refractivity contribution >= 4 is 0 Å². The van der Waals surface area contributed by atoms with E-state index in [1.165, 1.54) is 44.9 Å². The molecular weight excluding hydrogens is 210 g/mol. The van der Waals surface area contributed by atoms with Crippen LogP contribution in [0.5, 0.6) is 0 Å². The quantitative estimate of drug-likeness (QED) is 0.794. The van der Waals surface area contributed by atoms with Crippen molar-refractivity contribution in [2.45, 2.75) is 70.9 Å². The minimum absolute atomic E-state index is 0.566. The summed E-state index contributed by atoms with van der Waals surface area (Å²) in [5.74, 6) is 1.83. The van der Waals surface area contributed by atoms with Gasteiger partial charge < -0.3 is 10.1 Å². The van der Waals surface area contributed by atoms with Crippen LogP contribution in [0.2, 0.25) is 0 Å². The molecule has 2 nitrogen and oxygen atoms in total. The monoisotopic (exact) mass is 239 g/mol. The third kappa shape index (κ3) is 3.69. The normalized spacial score (nSPS) is 38.5. The number of ether oxygens (including phenoxy) is 1. The smallest absolute Gasteiger partial charge is 0.0579 e. The summed E-state index contributed by atoms with van der Waals surface area (Å²) in [4.78, 5) is 0. The van der Waals surface area contributed by atoms with Crippen LogP contribution in [0.1, 0.15) is 58.8 Å². The Hall–Kier alpha value is -0.0800. The molecule has 0 bridgehead atoms. The summed E-state index contributed by atoms with van der Waals surface area (Å²) in [6, 6.07) is 0.756. The fourth-order valence-electron chi connectivity index (χ4n) is 3.69.